The van der Waals surface area contributed by atoms with Gasteiger partial charge in [0.25, 0.3) is 5.91 Å². The number of thiazole rings is 1. The molecule has 4 aromatic rings. The fourth-order valence-electron chi connectivity index (χ4n) is 2.87. The molecule has 0 fully saturated rings. The van der Waals surface area contributed by atoms with Crippen molar-refractivity contribution in [2.75, 3.05) is 5.32 Å². The lowest BCUT2D eigenvalue weighted by atomic mass is 10.1. The van der Waals surface area contributed by atoms with E-state index in [9.17, 15) is 18.0 Å². The van der Waals surface area contributed by atoms with Crippen LogP contribution in [0, 0.1) is 0 Å². The Hall–Kier alpha value is -3.53. The molecule has 0 bridgehead atoms. The van der Waals surface area contributed by atoms with Gasteiger partial charge in [-0.1, -0.05) is 11.3 Å². The first-order chi connectivity index (χ1) is 14.8. The van der Waals surface area contributed by atoms with Crippen LogP contribution in [0.2, 0.25) is 0 Å². The van der Waals surface area contributed by atoms with Crippen molar-refractivity contribution in [2.45, 2.75) is 19.1 Å². The maximum absolute atomic E-state index is 12.7. The normalized spacial score (nSPS) is 12.5. The molecule has 0 spiro atoms. The van der Waals surface area contributed by atoms with Crippen LogP contribution in [-0.4, -0.2) is 20.9 Å². The Morgan fingerprint density at radius 3 is 2.42 bits per heavy atom. The Balaban J connectivity index is 1.41. The molecule has 0 radical (unpaired) electrons. The van der Waals surface area contributed by atoms with Crippen LogP contribution >= 0.6 is 11.3 Å². The van der Waals surface area contributed by atoms with E-state index in [2.05, 4.69) is 25.6 Å². The topological polar surface area (TPSA) is 79.8 Å². The van der Waals surface area contributed by atoms with E-state index in [1.165, 1.54) is 23.5 Å². The van der Waals surface area contributed by atoms with E-state index < -0.39 is 11.7 Å². The molecule has 2 aromatic carbocycles. The highest BCUT2D eigenvalue weighted by Crippen LogP contribution is 2.31. The molecule has 2 heterocycles. The van der Waals surface area contributed by atoms with Crippen molar-refractivity contribution in [2.24, 2.45) is 0 Å². The van der Waals surface area contributed by atoms with Crippen molar-refractivity contribution in [3.63, 3.8) is 0 Å². The maximum atomic E-state index is 12.7. The number of alkyl halides is 3. The molecule has 0 aliphatic carbocycles. The van der Waals surface area contributed by atoms with Gasteiger partial charge in [0.05, 0.1) is 22.6 Å². The summed E-state index contributed by atoms with van der Waals surface area (Å²) < 4.78 is 38.0. The predicted octanol–water partition coefficient (Wildman–Crippen LogP) is 5.34. The molecule has 1 atom stereocenters. The summed E-state index contributed by atoms with van der Waals surface area (Å²) in [6.07, 6.45) is 0.394. The Kier molecular flexibility index (Phi) is 5.55. The lowest BCUT2D eigenvalue weighted by molar-refractivity contribution is -0.137. The average molecular weight is 443 g/mol. The number of hydrogen-bond acceptors (Lipinski definition) is 6. The van der Waals surface area contributed by atoms with Crippen LogP contribution in [0.15, 0.2) is 61.1 Å². The van der Waals surface area contributed by atoms with E-state index in [-0.39, 0.29) is 11.9 Å². The zero-order valence-electron chi connectivity index (χ0n) is 16.1. The van der Waals surface area contributed by atoms with Gasteiger partial charge in [0.1, 0.15) is 0 Å². The number of rotatable bonds is 5. The highest BCUT2D eigenvalue weighted by molar-refractivity contribution is 7.15. The second-order valence-corrected chi connectivity index (χ2v) is 7.79. The van der Waals surface area contributed by atoms with Crippen molar-refractivity contribution >= 4 is 39.1 Å². The standard InChI is InChI=1S/C21H16F3N5OS/c1-12(28-19(30)13-2-7-16-17(10-13)26-9-8-25-16)18-11-27-20(31-18)29-15-5-3-14(4-6-15)21(22,23)24/h2-12H,1H3,(H,27,29)(H,28,30). The van der Waals surface area contributed by atoms with Crippen molar-refractivity contribution in [1.82, 2.24) is 20.3 Å². The minimum atomic E-state index is -4.38. The first-order valence-corrected chi connectivity index (χ1v) is 10.0. The Labute approximate surface area is 179 Å². The minimum absolute atomic E-state index is 0.259. The van der Waals surface area contributed by atoms with Crippen LogP contribution in [-0.2, 0) is 6.18 Å². The van der Waals surface area contributed by atoms with E-state index in [1.54, 1.807) is 36.8 Å². The zero-order valence-corrected chi connectivity index (χ0v) is 17.0. The summed E-state index contributed by atoms with van der Waals surface area (Å²) in [6, 6.07) is 9.49. The Morgan fingerprint density at radius 2 is 1.71 bits per heavy atom. The quantitative estimate of drug-likeness (QED) is 0.435. The van der Waals surface area contributed by atoms with Gasteiger partial charge < -0.3 is 10.6 Å². The van der Waals surface area contributed by atoms with Gasteiger partial charge in [-0.25, -0.2) is 4.98 Å². The fraction of sp³-hybridized carbons (Fsp3) is 0.143. The smallest absolute Gasteiger partial charge is 0.345 e. The van der Waals surface area contributed by atoms with Gasteiger partial charge in [-0.3, -0.25) is 14.8 Å². The van der Waals surface area contributed by atoms with E-state index >= 15 is 0 Å². The van der Waals surface area contributed by atoms with Crippen molar-refractivity contribution in [3.05, 3.63) is 77.1 Å². The van der Waals surface area contributed by atoms with Crippen molar-refractivity contribution in [1.29, 1.82) is 0 Å². The number of hydrogen-bond donors (Lipinski definition) is 2. The summed E-state index contributed by atoms with van der Waals surface area (Å²) in [5.41, 5.74) is 1.57. The number of carbonyl (C=O) groups is 1. The first-order valence-electron chi connectivity index (χ1n) is 9.21. The van der Waals surface area contributed by atoms with E-state index in [0.29, 0.717) is 27.4 Å². The number of fused-ring (bicyclic) bond motifs is 1. The third-order valence-corrected chi connectivity index (χ3v) is 5.59. The van der Waals surface area contributed by atoms with Crippen LogP contribution in [0.4, 0.5) is 24.0 Å². The summed E-state index contributed by atoms with van der Waals surface area (Å²) in [6.45, 7) is 1.83. The van der Waals surface area contributed by atoms with Gasteiger partial charge in [-0.05, 0) is 49.4 Å². The minimum Gasteiger partial charge on any atom is -0.345 e. The third-order valence-electron chi connectivity index (χ3n) is 4.49. The third kappa shape index (κ3) is 4.80. The number of benzene rings is 2. The summed E-state index contributed by atoms with van der Waals surface area (Å²) in [5.74, 6) is -0.259. The lowest BCUT2D eigenvalue weighted by Gasteiger charge is -2.12. The fourth-order valence-corrected chi connectivity index (χ4v) is 3.70. The Morgan fingerprint density at radius 1 is 1.00 bits per heavy atom. The number of aromatic nitrogens is 3. The van der Waals surface area contributed by atoms with E-state index in [4.69, 9.17) is 0 Å². The SMILES string of the molecule is CC(NC(=O)c1ccc2nccnc2c1)c1cnc(Nc2ccc(C(F)(F)F)cc2)s1. The van der Waals surface area contributed by atoms with Crippen LogP contribution in [0.5, 0.6) is 0 Å². The molecular weight excluding hydrogens is 427 g/mol. The van der Waals surface area contributed by atoms with Crippen LogP contribution in [0.3, 0.4) is 0 Å². The second kappa shape index (κ2) is 8.31. The summed E-state index contributed by atoms with van der Waals surface area (Å²) in [5, 5.41) is 6.40. The van der Waals surface area contributed by atoms with Crippen molar-refractivity contribution in [3.8, 4) is 0 Å². The largest absolute Gasteiger partial charge is 0.416 e. The van der Waals surface area contributed by atoms with Crippen molar-refractivity contribution < 1.29 is 18.0 Å². The van der Waals surface area contributed by atoms with E-state index in [0.717, 1.165) is 17.0 Å². The molecule has 0 aliphatic rings. The average Bonchev–Trinajstić information content (AvgIpc) is 3.22. The number of halogens is 3. The predicted molar refractivity (Wildman–Crippen MR) is 112 cm³/mol. The van der Waals surface area contributed by atoms with E-state index in [1.807, 2.05) is 6.92 Å². The van der Waals surface area contributed by atoms with Gasteiger partial charge >= 0.3 is 6.18 Å². The molecule has 2 N–H and O–H groups in total. The maximum Gasteiger partial charge on any atom is 0.416 e. The summed E-state index contributed by atoms with van der Waals surface area (Å²) >= 11 is 1.30. The number of anilines is 2. The molecule has 1 amide bonds. The molecule has 158 valence electrons. The van der Waals surface area contributed by atoms with Crippen LogP contribution in [0.1, 0.15) is 33.8 Å². The number of nitrogens with zero attached hydrogens (tertiary/aromatic N) is 3. The molecule has 10 heteroatoms. The molecule has 1 unspecified atom stereocenters. The van der Waals surface area contributed by atoms with Gasteiger partial charge in [-0.15, -0.1) is 0 Å². The Bertz CT molecular complexity index is 1220. The molecule has 0 saturated carbocycles. The second-order valence-electron chi connectivity index (χ2n) is 6.72. The molecule has 0 saturated heterocycles. The highest BCUT2D eigenvalue weighted by Gasteiger charge is 2.30. The van der Waals surface area contributed by atoms with Crippen LogP contribution in [0.25, 0.3) is 11.0 Å². The van der Waals surface area contributed by atoms with Crippen LogP contribution < -0.4 is 10.6 Å². The summed E-state index contributed by atoms with van der Waals surface area (Å²) in [4.78, 5) is 26.0. The first kappa shape index (κ1) is 20.7. The lowest BCUT2D eigenvalue weighted by Crippen LogP contribution is -2.26. The molecular formula is C21H16F3N5OS. The number of nitrogens with one attached hydrogen (secondary N) is 2. The van der Waals surface area contributed by atoms with Gasteiger partial charge in [0.2, 0.25) is 0 Å². The van der Waals surface area contributed by atoms with Gasteiger partial charge in [0.15, 0.2) is 5.13 Å². The molecule has 6 nitrogen and oxygen atoms in total. The number of amides is 1. The monoisotopic (exact) mass is 443 g/mol. The molecule has 0 aliphatic heterocycles. The highest BCUT2D eigenvalue weighted by atomic mass is 32.1. The summed E-state index contributed by atoms with van der Waals surface area (Å²) in [7, 11) is 0. The van der Waals surface area contributed by atoms with Gasteiger partial charge in [0, 0.05) is 34.7 Å². The zero-order chi connectivity index (χ0) is 22.0. The molecule has 31 heavy (non-hydrogen) atoms. The molecule has 4 rings (SSSR count). The molecule has 2 aromatic heterocycles. The number of carbonyl (C=O) groups excluding carboxylic acids is 1. The van der Waals surface area contributed by atoms with Gasteiger partial charge in [-0.2, -0.15) is 13.2 Å².